The predicted octanol–water partition coefficient (Wildman–Crippen LogP) is 2.49. The van der Waals surface area contributed by atoms with E-state index in [1.165, 1.54) is 24.8 Å². The number of pyridine rings is 1. The minimum Gasteiger partial charge on any atom is -0.377 e. The fourth-order valence-electron chi connectivity index (χ4n) is 3.64. The van der Waals surface area contributed by atoms with Crippen molar-refractivity contribution in [1.82, 2.24) is 9.88 Å². The zero-order chi connectivity index (χ0) is 14.5. The summed E-state index contributed by atoms with van der Waals surface area (Å²) in [4.78, 5) is 6.43. The molecule has 0 N–H and O–H groups in total. The highest BCUT2D eigenvalue weighted by atomic mass is 16.5. The maximum atomic E-state index is 6.17. The zero-order valence-corrected chi connectivity index (χ0v) is 13.0. The Morgan fingerprint density at radius 3 is 2.86 bits per heavy atom. The van der Waals surface area contributed by atoms with E-state index in [4.69, 9.17) is 9.47 Å². The van der Waals surface area contributed by atoms with Gasteiger partial charge in [0.25, 0.3) is 0 Å². The lowest BCUT2D eigenvalue weighted by atomic mass is 9.78. The van der Waals surface area contributed by atoms with Gasteiger partial charge in [-0.25, -0.2) is 0 Å². The highest BCUT2D eigenvalue weighted by Gasteiger charge is 2.45. The summed E-state index contributed by atoms with van der Waals surface area (Å²) in [6.45, 7) is 4.77. The van der Waals surface area contributed by atoms with Gasteiger partial charge in [-0.2, -0.15) is 0 Å². The van der Waals surface area contributed by atoms with Crippen LogP contribution in [-0.2, 0) is 16.1 Å². The summed E-state index contributed by atoms with van der Waals surface area (Å²) in [6, 6.07) is 4.02. The molecule has 4 nitrogen and oxygen atoms in total. The lowest BCUT2D eigenvalue weighted by molar-refractivity contribution is -0.0687. The molecule has 0 bridgehead atoms. The van der Waals surface area contributed by atoms with Gasteiger partial charge >= 0.3 is 0 Å². The van der Waals surface area contributed by atoms with Crippen LogP contribution in [0.3, 0.4) is 0 Å². The molecule has 3 rings (SSSR count). The number of hydrogen-bond donors (Lipinski definition) is 0. The highest BCUT2D eigenvalue weighted by molar-refractivity contribution is 5.07. The van der Waals surface area contributed by atoms with Crippen LogP contribution in [0.25, 0.3) is 0 Å². The van der Waals surface area contributed by atoms with Crippen LogP contribution in [0, 0.1) is 5.92 Å². The number of aromatic nitrogens is 1. The maximum Gasteiger partial charge on any atom is 0.0736 e. The molecule has 116 valence electrons. The normalized spacial score (nSPS) is 25.5. The van der Waals surface area contributed by atoms with Crippen molar-refractivity contribution < 1.29 is 9.47 Å². The Morgan fingerprint density at radius 2 is 2.10 bits per heavy atom. The molecule has 0 aromatic carbocycles. The minimum absolute atomic E-state index is 0.145. The van der Waals surface area contributed by atoms with Crippen LogP contribution in [0.1, 0.15) is 31.2 Å². The van der Waals surface area contributed by atoms with E-state index in [1.54, 1.807) is 0 Å². The molecule has 1 atom stereocenters. The van der Waals surface area contributed by atoms with Gasteiger partial charge in [-0.3, -0.25) is 4.98 Å². The molecule has 4 heteroatoms. The van der Waals surface area contributed by atoms with E-state index >= 15 is 0 Å². The van der Waals surface area contributed by atoms with Gasteiger partial charge in [0, 0.05) is 38.7 Å². The number of piperidine rings is 1. The van der Waals surface area contributed by atoms with Gasteiger partial charge in [0.2, 0.25) is 0 Å². The maximum absolute atomic E-state index is 6.17. The monoisotopic (exact) mass is 290 g/mol. The molecule has 0 aliphatic carbocycles. The van der Waals surface area contributed by atoms with Gasteiger partial charge in [0.1, 0.15) is 0 Å². The third-order valence-electron chi connectivity index (χ3n) is 5.06. The number of ether oxygens (including phenoxy) is 2. The Morgan fingerprint density at radius 1 is 1.33 bits per heavy atom. The van der Waals surface area contributed by atoms with Gasteiger partial charge in [-0.1, -0.05) is 0 Å². The second-order valence-electron chi connectivity index (χ2n) is 6.40. The molecule has 3 heterocycles. The summed E-state index contributed by atoms with van der Waals surface area (Å²) >= 11 is 0. The van der Waals surface area contributed by atoms with Crippen molar-refractivity contribution >= 4 is 0 Å². The van der Waals surface area contributed by atoms with Crippen molar-refractivity contribution in [1.29, 1.82) is 0 Å². The largest absolute Gasteiger partial charge is 0.377 e. The van der Waals surface area contributed by atoms with E-state index in [9.17, 15) is 0 Å². The Hall–Kier alpha value is -0.970. The second kappa shape index (κ2) is 6.86. The first-order valence-corrected chi connectivity index (χ1v) is 8.08. The van der Waals surface area contributed by atoms with Gasteiger partial charge in [0.15, 0.2) is 0 Å². The molecule has 21 heavy (non-hydrogen) atoms. The number of rotatable bonds is 5. The molecule has 2 fully saturated rings. The molecule has 2 saturated heterocycles. The van der Waals surface area contributed by atoms with Crippen LogP contribution < -0.4 is 0 Å². The van der Waals surface area contributed by atoms with Crippen LogP contribution >= 0.6 is 0 Å². The highest BCUT2D eigenvalue weighted by Crippen LogP contribution is 2.42. The van der Waals surface area contributed by atoms with Crippen LogP contribution in [0.15, 0.2) is 24.5 Å². The molecule has 0 unspecified atom stereocenters. The molecule has 2 aliphatic rings. The topological polar surface area (TPSA) is 34.6 Å². The van der Waals surface area contributed by atoms with Crippen LogP contribution in [0.2, 0.25) is 0 Å². The van der Waals surface area contributed by atoms with E-state index in [0.717, 1.165) is 32.7 Å². The van der Waals surface area contributed by atoms with E-state index < -0.39 is 0 Å². The number of nitrogens with zero attached hydrogens (tertiary/aromatic N) is 2. The van der Waals surface area contributed by atoms with Gasteiger partial charge in [0.05, 0.1) is 12.2 Å². The van der Waals surface area contributed by atoms with E-state index in [1.807, 2.05) is 24.5 Å². The fraction of sp³-hybridized carbons (Fsp3) is 0.706. The molecule has 2 aliphatic heterocycles. The van der Waals surface area contributed by atoms with Gasteiger partial charge in [-0.05, 0) is 56.3 Å². The molecule has 1 aromatic heterocycles. The average Bonchev–Trinajstić information content (AvgIpc) is 2.91. The Kier molecular flexibility index (Phi) is 4.88. The summed E-state index contributed by atoms with van der Waals surface area (Å²) < 4.78 is 12.0. The summed E-state index contributed by atoms with van der Waals surface area (Å²) in [6.07, 6.45) is 8.31. The average molecular weight is 290 g/mol. The van der Waals surface area contributed by atoms with Crippen LogP contribution in [0.5, 0.6) is 0 Å². The SMILES string of the molecule is CN1CCC2(CC1)OCC[C@@H]2CCOCc1ccncc1. The summed E-state index contributed by atoms with van der Waals surface area (Å²) in [7, 11) is 2.20. The van der Waals surface area contributed by atoms with E-state index in [2.05, 4.69) is 16.9 Å². The Balaban J connectivity index is 1.44. The molecule has 0 amide bonds. The molecule has 1 aromatic rings. The molecule has 0 saturated carbocycles. The van der Waals surface area contributed by atoms with Crippen molar-refractivity contribution in [3.05, 3.63) is 30.1 Å². The van der Waals surface area contributed by atoms with Crippen molar-refractivity contribution in [2.75, 3.05) is 33.4 Å². The lowest BCUT2D eigenvalue weighted by Crippen LogP contribution is -2.46. The van der Waals surface area contributed by atoms with Gasteiger partial charge in [-0.15, -0.1) is 0 Å². The quantitative estimate of drug-likeness (QED) is 0.780. The second-order valence-corrected chi connectivity index (χ2v) is 6.40. The van der Waals surface area contributed by atoms with Crippen molar-refractivity contribution in [3.8, 4) is 0 Å². The van der Waals surface area contributed by atoms with Crippen LogP contribution in [0.4, 0.5) is 0 Å². The summed E-state index contributed by atoms with van der Waals surface area (Å²) in [5, 5.41) is 0. The third kappa shape index (κ3) is 3.62. The van der Waals surface area contributed by atoms with E-state index in [0.29, 0.717) is 12.5 Å². The first-order valence-electron chi connectivity index (χ1n) is 8.08. The fourth-order valence-corrected chi connectivity index (χ4v) is 3.64. The Bertz CT molecular complexity index is 430. The zero-order valence-electron chi connectivity index (χ0n) is 13.0. The summed E-state index contributed by atoms with van der Waals surface area (Å²) in [5.74, 6) is 0.670. The smallest absolute Gasteiger partial charge is 0.0736 e. The Labute approximate surface area is 127 Å². The minimum atomic E-state index is 0.145. The van der Waals surface area contributed by atoms with Crippen LogP contribution in [-0.4, -0.2) is 48.8 Å². The lowest BCUT2D eigenvalue weighted by Gasteiger charge is -2.41. The standard InChI is InChI=1S/C17H26N2O2/c1-19-10-6-17(7-11-19)16(5-13-21-17)4-12-20-14-15-2-8-18-9-3-15/h2-3,8-9,16H,4-7,10-14H2,1H3/t16-/m0/s1. The molecule has 1 spiro atoms. The van der Waals surface area contributed by atoms with E-state index in [-0.39, 0.29) is 5.60 Å². The molecule has 0 radical (unpaired) electrons. The molecular formula is C17H26N2O2. The van der Waals surface area contributed by atoms with Crippen molar-refractivity contribution in [2.24, 2.45) is 5.92 Å². The predicted molar refractivity (Wildman–Crippen MR) is 82.0 cm³/mol. The van der Waals surface area contributed by atoms with Crippen molar-refractivity contribution in [2.45, 2.75) is 37.9 Å². The molecular weight excluding hydrogens is 264 g/mol. The number of hydrogen-bond acceptors (Lipinski definition) is 4. The third-order valence-corrected chi connectivity index (χ3v) is 5.06. The summed E-state index contributed by atoms with van der Waals surface area (Å²) in [5.41, 5.74) is 1.34. The number of likely N-dealkylation sites (tertiary alicyclic amines) is 1. The first-order chi connectivity index (χ1) is 10.3. The first kappa shape index (κ1) is 14.9. The van der Waals surface area contributed by atoms with Gasteiger partial charge < -0.3 is 14.4 Å². The van der Waals surface area contributed by atoms with Crippen molar-refractivity contribution in [3.63, 3.8) is 0 Å².